The largest absolute Gasteiger partial charge is 0.387 e. The van der Waals surface area contributed by atoms with Gasteiger partial charge in [0.25, 0.3) is 0 Å². The highest BCUT2D eigenvalue weighted by atomic mass is 16.6. The third-order valence-corrected chi connectivity index (χ3v) is 2.07. The van der Waals surface area contributed by atoms with Crippen LogP contribution in [0.25, 0.3) is 0 Å². The van der Waals surface area contributed by atoms with Gasteiger partial charge in [-0.3, -0.25) is 0 Å². The molecule has 0 saturated heterocycles. The number of hydrogen-bond donors (Lipinski definition) is 0. The van der Waals surface area contributed by atoms with Crippen molar-refractivity contribution in [3.63, 3.8) is 0 Å². The first kappa shape index (κ1) is 17.1. The van der Waals surface area contributed by atoms with Crippen molar-refractivity contribution < 1.29 is 14.3 Å². The summed E-state index contributed by atoms with van der Waals surface area (Å²) in [4.78, 5) is 22.4. The van der Waals surface area contributed by atoms with Crippen LogP contribution in [-0.4, -0.2) is 11.9 Å². The molecule has 0 unspecified atom stereocenters. The van der Waals surface area contributed by atoms with Crippen LogP contribution in [-0.2, 0) is 14.3 Å². The molecule has 0 aromatic carbocycles. The number of rotatable bonds is 8. The molecule has 0 amide bonds. The Hall–Kier alpha value is -1.90. The number of hydrogen-bond acceptors (Lipinski definition) is 3. The molecule has 19 heavy (non-hydrogen) atoms. The topological polar surface area (TPSA) is 43.4 Å². The molecule has 0 aliphatic heterocycles. The minimum Gasteiger partial charge on any atom is -0.387 e. The summed E-state index contributed by atoms with van der Waals surface area (Å²) in [6, 6.07) is 0. The van der Waals surface area contributed by atoms with E-state index in [4.69, 9.17) is 0 Å². The van der Waals surface area contributed by atoms with E-state index in [1.807, 2.05) is 12.2 Å². The Bertz CT molecular complexity index is 337. The lowest BCUT2D eigenvalue weighted by Gasteiger charge is -1.92. The average Bonchev–Trinajstić information content (AvgIpc) is 2.38. The minimum absolute atomic E-state index is 0.659. The Balaban J connectivity index is 3.95. The maximum Gasteiger partial charge on any atom is 0.338 e. The lowest BCUT2D eigenvalue weighted by Crippen LogP contribution is -2.06. The van der Waals surface area contributed by atoms with E-state index in [2.05, 4.69) is 18.6 Å². The predicted octanol–water partition coefficient (Wildman–Crippen LogP) is 3.88. The van der Waals surface area contributed by atoms with Crippen LogP contribution in [0, 0.1) is 0 Å². The predicted molar refractivity (Wildman–Crippen MR) is 77.5 cm³/mol. The van der Waals surface area contributed by atoms with Crippen molar-refractivity contribution in [2.45, 2.75) is 39.5 Å². The molecule has 0 atom stereocenters. The number of unbranched alkanes of at least 4 members (excludes halogenated alkanes) is 2. The van der Waals surface area contributed by atoms with Gasteiger partial charge in [-0.15, -0.1) is 0 Å². The number of carbonyl (C=O) groups is 2. The minimum atomic E-state index is -0.659. The van der Waals surface area contributed by atoms with E-state index >= 15 is 0 Å². The van der Waals surface area contributed by atoms with Gasteiger partial charge in [0.15, 0.2) is 0 Å². The van der Waals surface area contributed by atoms with Crippen molar-refractivity contribution >= 4 is 11.9 Å². The summed E-state index contributed by atoms with van der Waals surface area (Å²) in [5, 5.41) is 0. The summed E-state index contributed by atoms with van der Waals surface area (Å²) < 4.78 is 4.54. The van der Waals surface area contributed by atoms with E-state index in [1.165, 1.54) is 12.2 Å². The fourth-order valence-corrected chi connectivity index (χ4v) is 1.12. The second-order valence-electron chi connectivity index (χ2n) is 3.89. The van der Waals surface area contributed by atoms with Gasteiger partial charge in [0.2, 0.25) is 0 Å². The van der Waals surface area contributed by atoms with Crippen LogP contribution in [0.4, 0.5) is 0 Å². The summed E-state index contributed by atoms with van der Waals surface area (Å²) >= 11 is 0. The fraction of sp³-hybridized carbons (Fsp3) is 0.375. The summed E-state index contributed by atoms with van der Waals surface area (Å²) in [7, 11) is 0. The van der Waals surface area contributed by atoms with Gasteiger partial charge in [0.1, 0.15) is 0 Å². The number of allylic oxidation sites excluding steroid dienone is 6. The maximum absolute atomic E-state index is 11.2. The van der Waals surface area contributed by atoms with Gasteiger partial charge in [-0.1, -0.05) is 63.1 Å². The van der Waals surface area contributed by atoms with Crippen molar-refractivity contribution in [1.82, 2.24) is 0 Å². The molecule has 0 aromatic heterocycles. The second kappa shape index (κ2) is 12.6. The highest BCUT2D eigenvalue weighted by Gasteiger charge is 2.01. The molecule has 3 nitrogen and oxygen atoms in total. The molecule has 0 aliphatic carbocycles. The van der Waals surface area contributed by atoms with E-state index in [-0.39, 0.29) is 0 Å². The van der Waals surface area contributed by atoms with Gasteiger partial charge >= 0.3 is 11.9 Å². The van der Waals surface area contributed by atoms with Gasteiger partial charge in [-0.05, 0) is 12.8 Å². The average molecular weight is 262 g/mol. The quantitative estimate of drug-likeness (QED) is 0.288. The Morgan fingerprint density at radius 3 is 1.58 bits per heavy atom. The lowest BCUT2D eigenvalue weighted by atomic mass is 10.3. The zero-order valence-electron chi connectivity index (χ0n) is 11.7. The summed E-state index contributed by atoms with van der Waals surface area (Å²) in [6.07, 6.45) is 17.1. The molecular weight excluding hydrogens is 240 g/mol. The standard InChI is InChI=1S/C16H22O3/c1-3-5-7-9-11-13-15(17)19-16(18)14-12-10-8-6-4-2/h7-14H,3-6H2,1-2H3/b9-7+,10-8+,13-11+,14-12+. The third kappa shape index (κ3) is 12.3. The zero-order chi connectivity index (χ0) is 14.3. The van der Waals surface area contributed by atoms with Gasteiger partial charge in [-0.25, -0.2) is 9.59 Å². The van der Waals surface area contributed by atoms with Gasteiger partial charge < -0.3 is 4.74 Å². The summed E-state index contributed by atoms with van der Waals surface area (Å²) in [5.74, 6) is -1.32. The molecule has 0 bridgehead atoms. The molecule has 0 N–H and O–H groups in total. The van der Waals surface area contributed by atoms with Gasteiger partial charge in [0.05, 0.1) is 0 Å². The SMILES string of the molecule is CCC/C=C/C=C/C(=O)OC(=O)/C=C/C=C/CCC. The molecule has 0 heterocycles. The fourth-order valence-electron chi connectivity index (χ4n) is 1.12. The van der Waals surface area contributed by atoms with E-state index in [9.17, 15) is 9.59 Å². The summed E-state index contributed by atoms with van der Waals surface area (Å²) in [6.45, 7) is 4.14. The monoisotopic (exact) mass is 262 g/mol. The van der Waals surface area contributed by atoms with Crippen molar-refractivity contribution in [3.05, 3.63) is 48.6 Å². The molecule has 0 aliphatic rings. The Labute approximate surface area is 115 Å². The van der Waals surface area contributed by atoms with Gasteiger partial charge in [-0.2, -0.15) is 0 Å². The van der Waals surface area contributed by atoms with E-state index < -0.39 is 11.9 Å². The second-order valence-corrected chi connectivity index (χ2v) is 3.89. The first-order valence-corrected chi connectivity index (χ1v) is 6.62. The van der Waals surface area contributed by atoms with Crippen LogP contribution in [0.2, 0.25) is 0 Å². The number of esters is 2. The molecular formula is C16H22O3. The highest BCUT2D eigenvalue weighted by Crippen LogP contribution is 1.92. The molecule has 0 radical (unpaired) electrons. The molecule has 0 spiro atoms. The normalized spacial score (nSPS) is 12.1. The molecule has 0 saturated carbocycles. The van der Waals surface area contributed by atoms with Crippen molar-refractivity contribution in [2.24, 2.45) is 0 Å². The first-order chi connectivity index (χ1) is 9.20. The first-order valence-electron chi connectivity index (χ1n) is 6.62. The van der Waals surface area contributed by atoms with Crippen LogP contribution >= 0.6 is 0 Å². The molecule has 0 fully saturated rings. The van der Waals surface area contributed by atoms with Crippen molar-refractivity contribution in [1.29, 1.82) is 0 Å². The Morgan fingerprint density at radius 2 is 1.21 bits per heavy atom. The zero-order valence-corrected chi connectivity index (χ0v) is 11.7. The molecule has 3 heteroatoms. The third-order valence-electron chi connectivity index (χ3n) is 2.07. The highest BCUT2D eigenvalue weighted by molar-refractivity contribution is 5.96. The van der Waals surface area contributed by atoms with E-state index in [0.29, 0.717) is 0 Å². The van der Waals surface area contributed by atoms with Crippen LogP contribution in [0.15, 0.2) is 48.6 Å². The molecule has 0 rings (SSSR count). The lowest BCUT2D eigenvalue weighted by molar-refractivity contribution is -0.152. The van der Waals surface area contributed by atoms with Crippen molar-refractivity contribution in [2.75, 3.05) is 0 Å². The van der Waals surface area contributed by atoms with Gasteiger partial charge in [0, 0.05) is 12.2 Å². The molecule has 104 valence electrons. The summed E-state index contributed by atoms with van der Waals surface area (Å²) in [5.41, 5.74) is 0. The Kier molecular flexibility index (Phi) is 11.3. The van der Waals surface area contributed by atoms with Crippen LogP contribution in [0.3, 0.4) is 0 Å². The van der Waals surface area contributed by atoms with Crippen LogP contribution in [0.5, 0.6) is 0 Å². The van der Waals surface area contributed by atoms with Crippen molar-refractivity contribution in [3.8, 4) is 0 Å². The number of ether oxygens (including phenoxy) is 1. The maximum atomic E-state index is 11.2. The van der Waals surface area contributed by atoms with Crippen LogP contribution < -0.4 is 0 Å². The smallest absolute Gasteiger partial charge is 0.338 e. The van der Waals surface area contributed by atoms with Crippen LogP contribution in [0.1, 0.15) is 39.5 Å². The van der Waals surface area contributed by atoms with E-state index in [0.717, 1.165) is 25.7 Å². The van der Waals surface area contributed by atoms with E-state index in [1.54, 1.807) is 24.3 Å². The molecule has 0 aromatic rings. The number of carbonyl (C=O) groups excluding carboxylic acids is 2. The Morgan fingerprint density at radius 1 is 0.789 bits per heavy atom.